The van der Waals surface area contributed by atoms with E-state index in [1.165, 1.54) is 37.7 Å². The minimum Gasteiger partial charge on any atom is -0.469 e. The van der Waals surface area contributed by atoms with E-state index in [0.29, 0.717) is 16.5 Å². The van der Waals surface area contributed by atoms with Gasteiger partial charge in [-0.1, -0.05) is 23.9 Å². The zero-order valence-corrected chi connectivity index (χ0v) is 16.6. The number of rotatable bonds is 5. The normalized spacial score (nSPS) is 34.5. The molecule has 4 rings (SSSR count). The number of thioether (sulfide) groups is 2. The van der Waals surface area contributed by atoms with Crippen LogP contribution in [-0.4, -0.2) is 60.9 Å². The van der Waals surface area contributed by atoms with Crippen LogP contribution < -0.4 is 0 Å². The van der Waals surface area contributed by atoms with Crippen molar-refractivity contribution < 1.29 is 23.8 Å². The molecule has 7 nitrogen and oxygen atoms in total. The first-order valence-corrected chi connectivity index (χ1v) is 10.2. The molecule has 0 amide bonds. The Balaban J connectivity index is 2.28. The molecule has 0 aromatic rings. The fraction of sp³-hybridized carbons (Fsp3) is 0.588. The van der Waals surface area contributed by atoms with Crippen LogP contribution >= 0.6 is 23.5 Å². The monoisotopic (exact) mass is 396 g/mol. The molecule has 3 heterocycles. The summed E-state index contributed by atoms with van der Waals surface area (Å²) in [5.74, 6) is -2.17. The fourth-order valence-corrected chi connectivity index (χ4v) is 6.58. The highest BCUT2D eigenvalue weighted by atomic mass is 32.2. The lowest BCUT2D eigenvalue weighted by atomic mass is 9.66. The fourth-order valence-electron chi connectivity index (χ4n) is 4.07. The number of piperidine rings is 1. The maximum absolute atomic E-state index is 13.0. The van der Waals surface area contributed by atoms with Crippen molar-refractivity contribution in [2.45, 2.75) is 23.9 Å². The number of nitrogens with zero attached hydrogens (tertiary/aromatic N) is 2. The third kappa shape index (κ3) is 2.39. The molecule has 0 aromatic carbocycles. The molecule has 4 aliphatic rings. The molecule has 0 saturated carbocycles. The number of nitriles is 1. The van der Waals surface area contributed by atoms with Gasteiger partial charge in [0.25, 0.3) is 0 Å². The van der Waals surface area contributed by atoms with E-state index in [9.17, 15) is 14.9 Å². The highest BCUT2D eigenvalue weighted by Crippen LogP contribution is 2.61. The van der Waals surface area contributed by atoms with Gasteiger partial charge in [-0.05, 0) is 13.2 Å². The van der Waals surface area contributed by atoms with Crippen LogP contribution in [0.5, 0.6) is 0 Å². The van der Waals surface area contributed by atoms with E-state index in [1.807, 2.05) is 30.2 Å². The number of ether oxygens (including phenoxy) is 3. The number of hydrogen-bond donors (Lipinski definition) is 0. The third-order valence-corrected chi connectivity index (χ3v) is 7.70. The summed E-state index contributed by atoms with van der Waals surface area (Å²) < 4.78 is 15.5. The number of carbonyl (C=O) groups is 2. The van der Waals surface area contributed by atoms with Crippen LogP contribution in [-0.2, 0) is 23.8 Å². The van der Waals surface area contributed by atoms with Crippen molar-refractivity contribution in [1.29, 1.82) is 5.26 Å². The third-order valence-electron chi connectivity index (χ3n) is 5.01. The Labute approximate surface area is 160 Å². The molecular formula is C17H20N2O5S2. The summed E-state index contributed by atoms with van der Waals surface area (Å²) in [6, 6.07) is 1.72. The van der Waals surface area contributed by atoms with Gasteiger partial charge in [-0.2, -0.15) is 5.26 Å². The Morgan fingerprint density at radius 2 is 2.12 bits per heavy atom. The molecule has 9 heteroatoms. The summed E-state index contributed by atoms with van der Waals surface area (Å²) in [7, 11) is 2.62. The van der Waals surface area contributed by atoms with E-state index in [0.717, 1.165) is 0 Å². The zero-order valence-electron chi connectivity index (χ0n) is 14.9. The lowest BCUT2D eigenvalue weighted by Crippen LogP contribution is -2.74. The van der Waals surface area contributed by atoms with Crippen LogP contribution in [0.25, 0.3) is 0 Å². The smallest absolute Gasteiger partial charge is 0.325 e. The van der Waals surface area contributed by atoms with Crippen LogP contribution in [0.3, 0.4) is 0 Å². The standard InChI is InChI=1S/C17H20N2O5S2/c1-5-24-13-9-6-7-11-17(16(21)23-3,12(9)14(20)22-2)26-15(25-4)10(8-18)19(11)13/h6-7,9,11-13H,5H2,1-4H3/t9?,11?,12-,13+,17-/m0/s1. The van der Waals surface area contributed by atoms with E-state index in [4.69, 9.17) is 14.2 Å². The van der Waals surface area contributed by atoms with Crippen molar-refractivity contribution in [2.24, 2.45) is 11.8 Å². The van der Waals surface area contributed by atoms with Crippen molar-refractivity contribution in [3.05, 3.63) is 22.1 Å². The van der Waals surface area contributed by atoms with Crippen molar-refractivity contribution in [3.8, 4) is 6.07 Å². The molecule has 0 radical (unpaired) electrons. The van der Waals surface area contributed by atoms with Gasteiger partial charge < -0.3 is 19.1 Å². The minimum atomic E-state index is -1.21. The van der Waals surface area contributed by atoms with Crippen LogP contribution in [0.1, 0.15) is 6.92 Å². The molecule has 2 unspecified atom stereocenters. The molecule has 0 aromatic heterocycles. The molecule has 0 spiro atoms. The predicted molar refractivity (Wildman–Crippen MR) is 97.7 cm³/mol. The van der Waals surface area contributed by atoms with Gasteiger partial charge in [0.15, 0.2) is 4.75 Å². The van der Waals surface area contributed by atoms with Gasteiger partial charge in [-0.3, -0.25) is 9.59 Å². The first-order chi connectivity index (χ1) is 12.5. The van der Waals surface area contributed by atoms with E-state index < -0.39 is 40.8 Å². The van der Waals surface area contributed by atoms with Gasteiger partial charge in [-0.25, -0.2) is 0 Å². The number of hydrogen-bond acceptors (Lipinski definition) is 9. The van der Waals surface area contributed by atoms with E-state index in [-0.39, 0.29) is 0 Å². The minimum absolute atomic E-state index is 0.414. The first-order valence-electron chi connectivity index (χ1n) is 8.13. The largest absolute Gasteiger partial charge is 0.469 e. The predicted octanol–water partition coefficient (Wildman–Crippen LogP) is 1.72. The summed E-state index contributed by atoms with van der Waals surface area (Å²) in [6.07, 6.45) is 5.08. The zero-order chi connectivity index (χ0) is 19.1. The van der Waals surface area contributed by atoms with Gasteiger partial charge >= 0.3 is 11.9 Å². The topological polar surface area (TPSA) is 88.9 Å². The molecule has 1 fully saturated rings. The summed E-state index contributed by atoms with van der Waals surface area (Å²) in [6.45, 7) is 2.27. The van der Waals surface area contributed by atoms with Gasteiger partial charge in [-0.15, -0.1) is 11.8 Å². The van der Waals surface area contributed by atoms with Gasteiger partial charge in [0.1, 0.15) is 18.0 Å². The summed E-state index contributed by atoms with van der Waals surface area (Å²) in [5.41, 5.74) is 0.461. The average Bonchev–Trinajstić information content (AvgIpc) is 2.68. The lowest BCUT2D eigenvalue weighted by molar-refractivity contribution is -0.181. The van der Waals surface area contributed by atoms with Crippen LogP contribution in [0.4, 0.5) is 0 Å². The maximum Gasteiger partial charge on any atom is 0.325 e. The van der Waals surface area contributed by atoms with Crippen LogP contribution in [0.2, 0.25) is 0 Å². The average molecular weight is 396 g/mol. The SMILES string of the molecule is CCO[C@@H]1C2C=CC3N1C(C#N)=C(SC)S[C@]3(C(=O)OC)[C@@H]2C(=O)OC. The Bertz CT molecular complexity index is 731. The number of esters is 2. The molecular weight excluding hydrogens is 376 g/mol. The van der Waals surface area contributed by atoms with Crippen LogP contribution in [0, 0.1) is 23.2 Å². The lowest BCUT2D eigenvalue weighted by Gasteiger charge is -2.61. The van der Waals surface area contributed by atoms with Gasteiger partial charge in [0, 0.05) is 12.5 Å². The number of carbonyl (C=O) groups excluding carboxylic acids is 2. The van der Waals surface area contributed by atoms with E-state index in [2.05, 4.69) is 6.07 Å². The van der Waals surface area contributed by atoms with Crippen molar-refractivity contribution in [1.82, 2.24) is 4.90 Å². The quantitative estimate of drug-likeness (QED) is 0.509. The highest BCUT2D eigenvalue weighted by molar-refractivity contribution is 8.23. The first kappa shape index (κ1) is 19.1. The second-order valence-corrected chi connectivity index (χ2v) is 8.36. The summed E-state index contributed by atoms with van der Waals surface area (Å²) in [5, 5.41) is 9.76. The molecule has 1 saturated heterocycles. The van der Waals surface area contributed by atoms with Crippen LogP contribution in [0.15, 0.2) is 22.1 Å². The Morgan fingerprint density at radius 1 is 1.38 bits per heavy atom. The Hall–Kier alpha value is -1.63. The maximum atomic E-state index is 13.0. The Kier molecular flexibility index (Phi) is 5.28. The van der Waals surface area contributed by atoms with E-state index in [1.54, 1.807) is 0 Å². The molecule has 26 heavy (non-hydrogen) atoms. The molecule has 0 N–H and O–H groups in total. The number of allylic oxidation sites excluding steroid dienone is 1. The molecule has 5 atom stereocenters. The van der Waals surface area contributed by atoms with Gasteiger partial charge in [0.05, 0.1) is 30.4 Å². The molecule has 1 aliphatic carbocycles. The molecule has 4 bridgehead atoms. The van der Waals surface area contributed by atoms with Crippen molar-refractivity contribution in [2.75, 3.05) is 27.1 Å². The Morgan fingerprint density at radius 3 is 2.65 bits per heavy atom. The van der Waals surface area contributed by atoms with Gasteiger partial charge in [0.2, 0.25) is 0 Å². The number of methoxy groups -OCH3 is 2. The second kappa shape index (κ2) is 7.18. The highest BCUT2D eigenvalue weighted by Gasteiger charge is 2.70. The van der Waals surface area contributed by atoms with Crippen molar-refractivity contribution in [3.63, 3.8) is 0 Å². The second-order valence-electron chi connectivity index (χ2n) is 6.00. The molecule has 3 aliphatic heterocycles. The van der Waals surface area contributed by atoms with E-state index >= 15 is 0 Å². The summed E-state index contributed by atoms with van der Waals surface area (Å²) in [4.78, 5) is 27.5. The molecule has 140 valence electrons. The summed E-state index contributed by atoms with van der Waals surface area (Å²) >= 11 is 2.60. The van der Waals surface area contributed by atoms with Crippen molar-refractivity contribution >= 4 is 35.5 Å².